The van der Waals surface area contributed by atoms with Gasteiger partial charge in [0.25, 0.3) is 0 Å². The molecule has 0 saturated carbocycles. The number of esters is 1. The number of ketones is 1. The van der Waals surface area contributed by atoms with Crippen molar-refractivity contribution in [1.82, 2.24) is 24.8 Å². The molecule has 2 fully saturated rings. The molecule has 15 nitrogen and oxygen atoms in total. The number of carbonyl (C=O) groups excluding carboxylic acids is 3. The van der Waals surface area contributed by atoms with Gasteiger partial charge in [0.1, 0.15) is 23.8 Å². The third kappa shape index (κ3) is 8.91. The fourth-order valence-corrected chi connectivity index (χ4v) is 8.17. The van der Waals surface area contributed by atoms with E-state index < -0.39 is 66.2 Å². The number of amides is 1. The van der Waals surface area contributed by atoms with Crippen LogP contribution >= 0.6 is 0 Å². The van der Waals surface area contributed by atoms with Crippen LogP contribution in [-0.4, -0.2) is 122 Å². The fourth-order valence-electron chi connectivity index (χ4n) is 8.17. The number of benzene rings is 1. The molecule has 4 heterocycles. The first-order valence-corrected chi connectivity index (χ1v) is 19.6. The van der Waals surface area contributed by atoms with Crippen LogP contribution in [-0.2, 0) is 35.1 Å². The van der Waals surface area contributed by atoms with Gasteiger partial charge in [-0.1, -0.05) is 44.2 Å². The summed E-state index contributed by atoms with van der Waals surface area (Å²) in [6, 6.07) is 6.14. The van der Waals surface area contributed by atoms with Crippen molar-refractivity contribution < 1.29 is 38.4 Å². The number of unbranched alkanes of at least 4 members (excludes halogenated alkanes) is 1. The lowest BCUT2D eigenvalue weighted by Crippen LogP contribution is -2.61. The minimum absolute atomic E-state index is 0.106. The maximum Gasteiger partial charge on any atom is 0.410 e. The van der Waals surface area contributed by atoms with E-state index in [2.05, 4.69) is 15.2 Å². The zero-order valence-electron chi connectivity index (χ0n) is 33.8. The van der Waals surface area contributed by atoms with Crippen LogP contribution in [0.1, 0.15) is 74.7 Å². The lowest BCUT2D eigenvalue weighted by Gasteiger charge is -2.43. The predicted octanol–water partition coefficient (Wildman–Crippen LogP) is 3.78. The number of nitrogens with two attached hydrogens (primary N) is 2. The molecule has 1 aromatic heterocycles. The van der Waals surface area contributed by atoms with Crippen LogP contribution in [0.3, 0.4) is 0 Å². The van der Waals surface area contributed by atoms with Crippen LogP contribution in [0.2, 0.25) is 0 Å². The molecule has 3 aliphatic heterocycles. The molecule has 12 unspecified atom stereocenters. The number of anilines is 1. The number of likely N-dealkylation sites (N-methyl/N-ethyl adjacent to an activating group) is 1. The van der Waals surface area contributed by atoms with Gasteiger partial charge < -0.3 is 35.5 Å². The SMILES string of the molecule is CCC1OC(=O)C(C)C(=O)C(C)C(OC2OC(C)C(C)C(N)C2O)C(C)=CCN(C)C(C)C2N(CCCCn3cc(-c4cccc(N)c4)nn3)C(=O)OC12C. The quantitative estimate of drug-likeness (QED) is 0.110. The van der Waals surface area contributed by atoms with Gasteiger partial charge in [-0.3, -0.25) is 24.1 Å². The Labute approximate surface area is 324 Å². The molecule has 0 bridgehead atoms. The van der Waals surface area contributed by atoms with E-state index in [1.54, 1.807) is 16.5 Å². The Balaban J connectivity index is 1.37. The first-order chi connectivity index (χ1) is 26.0. The second-order valence-electron chi connectivity index (χ2n) is 16.0. The van der Waals surface area contributed by atoms with Gasteiger partial charge in [-0.15, -0.1) is 5.10 Å². The highest BCUT2D eigenvalue weighted by molar-refractivity contribution is 6.00. The molecule has 12 atom stereocenters. The number of ether oxygens (including phenoxy) is 4. The molecule has 1 aromatic carbocycles. The molecule has 0 spiro atoms. The summed E-state index contributed by atoms with van der Waals surface area (Å²) in [7, 11) is 1.96. The first kappa shape index (κ1) is 42.3. The zero-order chi connectivity index (χ0) is 40.4. The largest absolute Gasteiger partial charge is 0.458 e. The van der Waals surface area contributed by atoms with Crippen LogP contribution < -0.4 is 11.5 Å². The van der Waals surface area contributed by atoms with E-state index in [1.807, 2.05) is 85.1 Å². The number of cyclic esters (lactones) is 1. The summed E-state index contributed by atoms with van der Waals surface area (Å²) in [5, 5.41) is 19.6. The topological polar surface area (TPSA) is 198 Å². The number of aromatic nitrogens is 3. The van der Waals surface area contributed by atoms with E-state index in [0.717, 1.165) is 16.8 Å². The van der Waals surface area contributed by atoms with Gasteiger partial charge in [0.05, 0.1) is 24.4 Å². The molecule has 55 heavy (non-hydrogen) atoms. The molecule has 304 valence electrons. The minimum Gasteiger partial charge on any atom is -0.458 e. The molecule has 2 saturated heterocycles. The number of nitrogens with zero attached hydrogens (tertiary/aromatic N) is 5. The standard InChI is InChI=1S/C40H61N7O8/c1-10-31-40(8)36(47(39(51)55-40)18-12-11-17-46-21-30(43-44-46)28-14-13-15-29(41)20-28)26(6)45(9)19-16-22(2)35(24(4)33(48)25(5)37(50)53-31)54-38-34(49)32(42)23(3)27(7)52-38/h13-16,20-21,23-27,31-32,34-36,38,49H,10-12,17-19,41-42H2,1-9H3. The molecular formula is C40H61N7O8. The van der Waals surface area contributed by atoms with Gasteiger partial charge in [-0.25, -0.2) is 4.79 Å². The number of hydrogen-bond acceptors (Lipinski definition) is 13. The van der Waals surface area contributed by atoms with Crippen molar-refractivity contribution in [3.8, 4) is 11.3 Å². The van der Waals surface area contributed by atoms with Gasteiger partial charge >= 0.3 is 12.1 Å². The molecule has 5 N–H and O–H groups in total. The summed E-state index contributed by atoms with van der Waals surface area (Å²) in [5.41, 5.74) is 14.1. The minimum atomic E-state index is -1.21. The van der Waals surface area contributed by atoms with Crippen molar-refractivity contribution >= 4 is 23.5 Å². The molecule has 3 aliphatic rings. The molecule has 0 radical (unpaired) electrons. The van der Waals surface area contributed by atoms with Crippen molar-refractivity contribution in [2.24, 2.45) is 23.5 Å². The van der Waals surface area contributed by atoms with E-state index in [4.69, 9.17) is 30.4 Å². The maximum absolute atomic E-state index is 14.0. The van der Waals surface area contributed by atoms with E-state index in [1.165, 1.54) is 6.92 Å². The van der Waals surface area contributed by atoms with Gasteiger partial charge in [0, 0.05) is 48.9 Å². The van der Waals surface area contributed by atoms with Crippen LogP contribution in [0.25, 0.3) is 11.3 Å². The number of fused-ring (bicyclic) bond motifs is 1. The highest BCUT2D eigenvalue weighted by atomic mass is 16.7. The number of hydrogen-bond donors (Lipinski definition) is 3. The van der Waals surface area contributed by atoms with Crippen LogP contribution in [0.15, 0.2) is 42.1 Å². The van der Waals surface area contributed by atoms with Crippen molar-refractivity contribution in [2.45, 2.75) is 136 Å². The molecule has 1 amide bonds. The van der Waals surface area contributed by atoms with Gasteiger partial charge in [-0.05, 0) is 84.6 Å². The third-order valence-electron chi connectivity index (χ3n) is 12.1. The van der Waals surface area contributed by atoms with E-state index in [0.29, 0.717) is 44.6 Å². The maximum atomic E-state index is 14.0. The predicted molar refractivity (Wildman–Crippen MR) is 206 cm³/mol. The number of aryl methyl sites for hydroxylation is 1. The molecule has 2 aromatic rings. The molecular weight excluding hydrogens is 706 g/mol. The van der Waals surface area contributed by atoms with Crippen LogP contribution in [0.5, 0.6) is 0 Å². The number of nitrogen functional groups attached to an aromatic ring is 1. The average Bonchev–Trinajstić information content (AvgIpc) is 3.74. The van der Waals surface area contributed by atoms with E-state index >= 15 is 0 Å². The number of aliphatic hydroxyl groups excluding tert-OH is 1. The Morgan fingerprint density at radius 2 is 1.80 bits per heavy atom. The number of aliphatic hydroxyl groups is 1. The Morgan fingerprint density at radius 1 is 1.09 bits per heavy atom. The second-order valence-corrected chi connectivity index (χ2v) is 16.0. The summed E-state index contributed by atoms with van der Waals surface area (Å²) in [6.07, 6.45) is 0.970. The summed E-state index contributed by atoms with van der Waals surface area (Å²) in [6.45, 7) is 16.0. The monoisotopic (exact) mass is 767 g/mol. The molecule has 15 heteroatoms. The van der Waals surface area contributed by atoms with Gasteiger partial charge in [0.2, 0.25) is 0 Å². The Kier molecular flexibility index (Phi) is 13.4. The van der Waals surface area contributed by atoms with Crippen LogP contribution in [0.4, 0.5) is 10.5 Å². The number of Topliss-reactive ketones (excluding diaryl/α,β-unsaturated/α-hetero) is 1. The Bertz CT molecular complexity index is 1700. The summed E-state index contributed by atoms with van der Waals surface area (Å²) in [5.74, 6) is -3.14. The number of carbonyl (C=O) groups is 3. The zero-order valence-corrected chi connectivity index (χ0v) is 33.8. The van der Waals surface area contributed by atoms with Crippen LogP contribution in [0, 0.1) is 17.8 Å². The smallest absolute Gasteiger partial charge is 0.410 e. The normalized spacial score (nSPS) is 35.5. The van der Waals surface area contributed by atoms with Crippen molar-refractivity contribution in [1.29, 1.82) is 0 Å². The summed E-state index contributed by atoms with van der Waals surface area (Å²) < 4.78 is 26.6. The lowest BCUT2D eigenvalue weighted by atomic mass is 9.83. The fraction of sp³-hybridized carbons (Fsp3) is 0.675. The van der Waals surface area contributed by atoms with Crippen molar-refractivity contribution in [3.63, 3.8) is 0 Å². The highest BCUT2D eigenvalue weighted by Gasteiger charge is 2.59. The van der Waals surface area contributed by atoms with Crippen molar-refractivity contribution in [2.75, 3.05) is 25.9 Å². The summed E-state index contributed by atoms with van der Waals surface area (Å²) in [4.78, 5) is 45.4. The average molecular weight is 768 g/mol. The molecule has 0 aliphatic carbocycles. The summed E-state index contributed by atoms with van der Waals surface area (Å²) >= 11 is 0. The number of rotatable bonds is 9. The third-order valence-corrected chi connectivity index (χ3v) is 12.1. The van der Waals surface area contributed by atoms with Crippen molar-refractivity contribution in [3.05, 3.63) is 42.1 Å². The lowest BCUT2D eigenvalue weighted by molar-refractivity contribution is -0.269. The Morgan fingerprint density at radius 3 is 2.49 bits per heavy atom. The molecule has 5 rings (SSSR count). The highest BCUT2D eigenvalue weighted by Crippen LogP contribution is 2.40. The first-order valence-electron chi connectivity index (χ1n) is 19.6. The second kappa shape index (κ2) is 17.5. The van der Waals surface area contributed by atoms with Gasteiger partial charge in [0.15, 0.2) is 17.7 Å². The van der Waals surface area contributed by atoms with E-state index in [9.17, 15) is 19.5 Å². The van der Waals surface area contributed by atoms with Gasteiger partial charge in [-0.2, -0.15) is 0 Å². The van der Waals surface area contributed by atoms with E-state index in [-0.39, 0.29) is 23.8 Å². The Hall–Kier alpha value is -3.89.